The van der Waals surface area contributed by atoms with Crippen molar-refractivity contribution in [3.05, 3.63) is 70.2 Å². The minimum atomic E-state index is 0.0947. The number of nitrogens with one attached hydrogen (secondary N) is 6. The number of nitrogens with zero attached hydrogens (tertiary/aromatic N) is 4. The number of benzene rings is 2. The molecule has 6 rings (SSSR count). The van der Waals surface area contributed by atoms with E-state index in [1.807, 2.05) is 36.4 Å². The third-order valence-corrected chi connectivity index (χ3v) is 9.36. The van der Waals surface area contributed by atoms with E-state index in [0.717, 1.165) is 46.5 Å². The summed E-state index contributed by atoms with van der Waals surface area (Å²) in [4.78, 5) is 42.0. The van der Waals surface area contributed by atoms with Gasteiger partial charge in [0.2, 0.25) is 11.8 Å². The van der Waals surface area contributed by atoms with Crippen molar-refractivity contribution in [1.82, 2.24) is 41.2 Å². The molecule has 2 fully saturated rings. The van der Waals surface area contributed by atoms with Crippen molar-refractivity contribution < 1.29 is 9.59 Å². The molecule has 4 heterocycles. The lowest BCUT2D eigenvalue weighted by molar-refractivity contribution is -0.120. The lowest BCUT2D eigenvalue weighted by Crippen LogP contribution is -2.35. The van der Waals surface area contributed by atoms with Gasteiger partial charge < -0.3 is 31.9 Å². The quantitative estimate of drug-likeness (QED) is 0.119. The Kier molecular flexibility index (Phi) is 10.7. The van der Waals surface area contributed by atoms with Crippen LogP contribution in [0, 0.1) is 0 Å². The van der Waals surface area contributed by atoms with Crippen LogP contribution in [0.3, 0.4) is 0 Å². The van der Waals surface area contributed by atoms with Gasteiger partial charge >= 0.3 is 0 Å². The Balaban J connectivity index is 1.20. The highest BCUT2D eigenvalue weighted by Crippen LogP contribution is 2.42. The van der Waals surface area contributed by atoms with Crippen LogP contribution in [-0.2, 0) is 22.7 Å². The molecule has 250 valence electrons. The van der Waals surface area contributed by atoms with E-state index in [1.165, 1.54) is 0 Å². The minimum absolute atomic E-state index is 0.0947. The zero-order valence-electron chi connectivity index (χ0n) is 26.8. The fourth-order valence-electron chi connectivity index (χ4n) is 6.01. The van der Waals surface area contributed by atoms with Gasteiger partial charge in [0.05, 0.1) is 45.2 Å². The fraction of sp³-hybridized carbons (Fsp3) is 0.353. The molecular weight excluding hydrogens is 651 g/mol. The van der Waals surface area contributed by atoms with Gasteiger partial charge in [-0.1, -0.05) is 59.6 Å². The second-order valence-electron chi connectivity index (χ2n) is 11.8. The molecule has 2 aliphatic heterocycles. The first kappa shape index (κ1) is 33.5. The van der Waals surface area contributed by atoms with Gasteiger partial charge in [0.1, 0.15) is 11.6 Å². The Morgan fingerprint density at radius 1 is 0.688 bits per heavy atom. The maximum absolute atomic E-state index is 11.5. The van der Waals surface area contributed by atoms with E-state index in [9.17, 15) is 9.59 Å². The number of halogens is 2. The van der Waals surface area contributed by atoms with Crippen LogP contribution < -0.4 is 31.9 Å². The van der Waals surface area contributed by atoms with Crippen LogP contribution in [0.1, 0.15) is 37.1 Å². The van der Waals surface area contributed by atoms with E-state index >= 15 is 0 Å². The number of aromatic nitrogens is 4. The summed E-state index contributed by atoms with van der Waals surface area (Å²) < 4.78 is 0. The molecule has 0 spiro atoms. The smallest absolute Gasteiger partial charge is 0.220 e. The van der Waals surface area contributed by atoms with Gasteiger partial charge in [-0.25, -0.2) is 9.97 Å². The predicted molar refractivity (Wildman–Crippen MR) is 189 cm³/mol. The van der Waals surface area contributed by atoms with Crippen molar-refractivity contribution >= 4 is 46.7 Å². The van der Waals surface area contributed by atoms with Gasteiger partial charge in [-0.3, -0.25) is 19.6 Å². The zero-order valence-corrected chi connectivity index (χ0v) is 28.3. The molecule has 2 amide bonds. The molecule has 0 radical (unpaired) electrons. The Hall–Kier alpha value is -4.36. The molecule has 0 bridgehead atoms. The Bertz CT molecular complexity index is 1690. The number of hydrogen-bond acceptors (Lipinski definition) is 10. The lowest BCUT2D eigenvalue weighted by atomic mass is 9.98. The van der Waals surface area contributed by atoms with E-state index in [0.29, 0.717) is 72.1 Å². The molecule has 0 saturated carbocycles. The van der Waals surface area contributed by atoms with Crippen molar-refractivity contribution in [2.24, 2.45) is 0 Å². The first-order valence-corrected chi connectivity index (χ1v) is 16.8. The highest BCUT2D eigenvalue weighted by Gasteiger charge is 2.22. The second kappa shape index (κ2) is 15.2. The van der Waals surface area contributed by atoms with Crippen molar-refractivity contribution in [3.8, 4) is 33.6 Å². The summed E-state index contributed by atoms with van der Waals surface area (Å²) in [5.41, 5.74) is 5.71. The lowest BCUT2D eigenvalue weighted by Gasteiger charge is -2.16. The predicted octanol–water partition coefficient (Wildman–Crippen LogP) is 4.39. The average Bonchev–Trinajstić information content (AvgIpc) is 3.72. The molecule has 2 aliphatic rings. The van der Waals surface area contributed by atoms with Gasteiger partial charge in [-0.05, 0) is 12.8 Å². The molecule has 12 nitrogen and oxygen atoms in total. The second-order valence-corrected chi connectivity index (χ2v) is 12.6. The summed E-state index contributed by atoms with van der Waals surface area (Å²) in [6.07, 6.45) is 6.23. The Morgan fingerprint density at radius 3 is 1.48 bits per heavy atom. The topological polar surface area (TPSA) is 158 Å². The Morgan fingerprint density at radius 2 is 1.10 bits per heavy atom. The average molecular weight is 690 g/mol. The number of rotatable bonds is 13. The van der Waals surface area contributed by atoms with Gasteiger partial charge in [0.25, 0.3) is 0 Å². The van der Waals surface area contributed by atoms with E-state index in [1.54, 1.807) is 26.5 Å². The SMILES string of the molecule is CNc1nc(-c2cccc(-c3cccc(-c4cnc(CNCC5CCC(=O)N5)c(NC)n4)c3Cl)c2Cl)cnc1CNCC1CCC(=O)N1. The molecule has 2 aromatic carbocycles. The molecular formula is C34H38Cl2N10O2. The summed E-state index contributed by atoms with van der Waals surface area (Å²) in [6, 6.07) is 11.8. The highest BCUT2D eigenvalue weighted by atomic mass is 35.5. The summed E-state index contributed by atoms with van der Waals surface area (Å²) in [7, 11) is 3.61. The number of carbonyl (C=O) groups is 2. The molecule has 2 aromatic heterocycles. The molecule has 2 unspecified atom stereocenters. The van der Waals surface area contributed by atoms with Gasteiger partial charge in [0, 0.05) is 87.5 Å². The number of hydrogen-bond donors (Lipinski definition) is 6. The van der Waals surface area contributed by atoms with E-state index < -0.39 is 0 Å². The van der Waals surface area contributed by atoms with Crippen molar-refractivity contribution in [2.75, 3.05) is 37.8 Å². The van der Waals surface area contributed by atoms with Gasteiger partial charge in [0.15, 0.2) is 0 Å². The molecule has 48 heavy (non-hydrogen) atoms. The standard InChI is InChI=1S/C34H38Cl2N10O2/c1-37-33-27(15-39-13-19-9-11-29(47)43-19)41-17-25(45-33)23-7-3-5-21(31(23)35)22-6-4-8-24(32(22)36)26-18-42-28(34(38-2)46-26)16-40-14-20-10-12-30(48)44-20/h3-8,17-20,39-40H,9-16H2,1-2H3,(H,37,45)(H,38,46)(H,43,47)(H,44,48). The van der Waals surface area contributed by atoms with E-state index in [-0.39, 0.29) is 23.9 Å². The highest BCUT2D eigenvalue weighted by molar-refractivity contribution is 6.39. The van der Waals surface area contributed by atoms with Crippen molar-refractivity contribution in [2.45, 2.75) is 50.9 Å². The molecule has 6 N–H and O–H groups in total. The first-order valence-electron chi connectivity index (χ1n) is 16.0. The third-order valence-electron chi connectivity index (χ3n) is 8.55. The van der Waals surface area contributed by atoms with Crippen LogP contribution in [0.25, 0.3) is 33.6 Å². The molecule has 4 aromatic rings. The Labute approximate surface area is 289 Å². The first-order chi connectivity index (χ1) is 23.3. The molecule has 2 atom stereocenters. The maximum atomic E-state index is 11.5. The van der Waals surface area contributed by atoms with Crippen molar-refractivity contribution in [3.63, 3.8) is 0 Å². The molecule has 2 saturated heterocycles. The molecule has 14 heteroatoms. The van der Waals surface area contributed by atoms with Crippen LogP contribution in [0.5, 0.6) is 0 Å². The van der Waals surface area contributed by atoms with Gasteiger partial charge in [-0.15, -0.1) is 0 Å². The summed E-state index contributed by atoms with van der Waals surface area (Å²) in [5.74, 6) is 1.47. The van der Waals surface area contributed by atoms with Crippen LogP contribution in [-0.4, -0.2) is 71.0 Å². The molecule has 0 aliphatic carbocycles. The van der Waals surface area contributed by atoms with Crippen LogP contribution in [0.15, 0.2) is 48.8 Å². The fourth-order valence-corrected chi connectivity index (χ4v) is 6.66. The normalized spacial score (nSPS) is 17.3. The van der Waals surface area contributed by atoms with E-state index in [4.69, 9.17) is 33.2 Å². The van der Waals surface area contributed by atoms with Gasteiger partial charge in [-0.2, -0.15) is 0 Å². The number of amides is 2. The number of carbonyl (C=O) groups excluding carboxylic acids is 2. The largest absolute Gasteiger partial charge is 0.372 e. The van der Waals surface area contributed by atoms with Crippen molar-refractivity contribution in [1.29, 1.82) is 0 Å². The van der Waals surface area contributed by atoms with E-state index in [2.05, 4.69) is 41.9 Å². The number of anilines is 2. The van der Waals surface area contributed by atoms with Crippen LogP contribution in [0.4, 0.5) is 11.6 Å². The maximum Gasteiger partial charge on any atom is 0.220 e. The zero-order chi connectivity index (χ0) is 33.6. The monoisotopic (exact) mass is 688 g/mol. The van der Waals surface area contributed by atoms with Crippen LogP contribution >= 0.6 is 23.2 Å². The summed E-state index contributed by atoms with van der Waals surface area (Å²) in [6.45, 7) is 2.33. The van der Waals surface area contributed by atoms with Crippen LogP contribution in [0.2, 0.25) is 10.0 Å². The summed E-state index contributed by atoms with van der Waals surface area (Å²) >= 11 is 14.1. The third kappa shape index (κ3) is 7.52. The summed E-state index contributed by atoms with van der Waals surface area (Å²) in [5, 5.41) is 20.0. The minimum Gasteiger partial charge on any atom is -0.372 e.